The Labute approximate surface area is 179 Å². The van der Waals surface area contributed by atoms with Crippen molar-refractivity contribution < 1.29 is 9.59 Å². The summed E-state index contributed by atoms with van der Waals surface area (Å²) in [6.45, 7) is 3.14. The molecule has 5 rings (SSSR count). The number of pyridine rings is 2. The smallest absolute Gasteiger partial charge is 0.255 e. The van der Waals surface area contributed by atoms with Crippen LogP contribution in [0.4, 0.5) is 0 Å². The number of likely N-dealkylation sites (tertiary alicyclic amines) is 1. The predicted molar refractivity (Wildman–Crippen MR) is 111 cm³/mol. The lowest BCUT2D eigenvalue weighted by Crippen LogP contribution is -2.34. The van der Waals surface area contributed by atoms with E-state index in [0.29, 0.717) is 50.3 Å². The van der Waals surface area contributed by atoms with Gasteiger partial charge < -0.3 is 14.4 Å². The van der Waals surface area contributed by atoms with E-state index in [1.165, 1.54) is 0 Å². The number of aromatic nitrogens is 5. The Morgan fingerprint density at radius 2 is 1.55 bits per heavy atom. The van der Waals surface area contributed by atoms with Crippen molar-refractivity contribution in [1.82, 2.24) is 34.5 Å². The third kappa shape index (κ3) is 3.78. The Morgan fingerprint density at radius 3 is 2.23 bits per heavy atom. The molecular weight excluding hydrogens is 394 g/mol. The number of carbonyl (C=O) groups excluding carboxylic acids is 2. The zero-order chi connectivity index (χ0) is 21.2. The lowest BCUT2D eigenvalue weighted by molar-refractivity contribution is 0.0755. The lowest BCUT2D eigenvalue weighted by Gasteiger charge is -2.20. The van der Waals surface area contributed by atoms with Crippen molar-refractivity contribution in [3.63, 3.8) is 0 Å². The Hall–Kier alpha value is -3.62. The van der Waals surface area contributed by atoms with Crippen LogP contribution >= 0.6 is 0 Å². The third-order valence-corrected chi connectivity index (χ3v) is 6.00. The van der Waals surface area contributed by atoms with Crippen LogP contribution in [0.2, 0.25) is 0 Å². The molecule has 2 aliphatic rings. The molecule has 1 atom stereocenters. The van der Waals surface area contributed by atoms with Crippen LogP contribution in [0.3, 0.4) is 0 Å². The van der Waals surface area contributed by atoms with Crippen LogP contribution in [0.25, 0.3) is 0 Å². The van der Waals surface area contributed by atoms with E-state index in [1.54, 1.807) is 49.1 Å². The summed E-state index contributed by atoms with van der Waals surface area (Å²) in [5.74, 6) is 1.94. The van der Waals surface area contributed by atoms with Crippen LogP contribution in [0.15, 0.2) is 49.1 Å². The van der Waals surface area contributed by atoms with E-state index in [2.05, 4.69) is 24.7 Å². The summed E-state index contributed by atoms with van der Waals surface area (Å²) >= 11 is 0. The molecule has 0 radical (unpaired) electrons. The third-order valence-electron chi connectivity index (χ3n) is 6.00. The largest absolute Gasteiger partial charge is 0.338 e. The zero-order valence-corrected chi connectivity index (χ0v) is 17.1. The summed E-state index contributed by atoms with van der Waals surface area (Å²) in [5.41, 5.74) is 1.20. The van der Waals surface area contributed by atoms with Crippen LogP contribution in [-0.2, 0) is 13.0 Å². The molecule has 1 fully saturated rings. The van der Waals surface area contributed by atoms with E-state index >= 15 is 0 Å². The molecule has 158 valence electrons. The first-order valence-corrected chi connectivity index (χ1v) is 10.5. The quantitative estimate of drug-likeness (QED) is 0.639. The standard InChI is InChI=1S/C22H23N7O2/c30-21(16-3-1-7-23-13-16)27-10-6-19-25-26-20(29(19)12-11-27)18-5-9-28(15-18)22(31)17-4-2-8-24-14-17/h1-4,7-8,13-14,18H,5-6,9-12,15H2. The molecule has 0 aliphatic carbocycles. The average Bonchev–Trinajstić information content (AvgIpc) is 3.41. The predicted octanol–water partition coefficient (Wildman–Crippen LogP) is 1.40. The minimum absolute atomic E-state index is 0.000512. The normalized spacial score (nSPS) is 18.5. The van der Waals surface area contributed by atoms with E-state index in [1.807, 2.05) is 9.80 Å². The highest BCUT2D eigenvalue weighted by Gasteiger charge is 2.33. The van der Waals surface area contributed by atoms with Gasteiger partial charge in [0.2, 0.25) is 0 Å². The maximum absolute atomic E-state index is 12.8. The molecule has 0 spiro atoms. The molecule has 5 heterocycles. The van der Waals surface area contributed by atoms with Crippen LogP contribution in [0.5, 0.6) is 0 Å². The minimum Gasteiger partial charge on any atom is -0.338 e. The highest BCUT2D eigenvalue weighted by Crippen LogP contribution is 2.28. The van der Waals surface area contributed by atoms with Crippen molar-refractivity contribution in [1.29, 1.82) is 0 Å². The molecule has 0 aromatic carbocycles. The van der Waals surface area contributed by atoms with E-state index < -0.39 is 0 Å². The van der Waals surface area contributed by atoms with Gasteiger partial charge in [-0.3, -0.25) is 19.6 Å². The summed E-state index contributed by atoms with van der Waals surface area (Å²) in [7, 11) is 0. The molecule has 0 saturated carbocycles. The van der Waals surface area contributed by atoms with Gasteiger partial charge in [0.25, 0.3) is 11.8 Å². The van der Waals surface area contributed by atoms with Gasteiger partial charge in [-0.2, -0.15) is 0 Å². The Balaban J connectivity index is 1.28. The number of fused-ring (bicyclic) bond motifs is 1. The van der Waals surface area contributed by atoms with E-state index in [9.17, 15) is 9.59 Å². The summed E-state index contributed by atoms with van der Waals surface area (Å²) in [5, 5.41) is 8.87. The molecule has 0 N–H and O–H groups in total. The van der Waals surface area contributed by atoms with Crippen LogP contribution < -0.4 is 0 Å². The lowest BCUT2D eigenvalue weighted by atomic mass is 10.1. The Kier molecular flexibility index (Phi) is 5.15. The summed E-state index contributed by atoms with van der Waals surface area (Å²) in [4.78, 5) is 37.4. The van der Waals surface area contributed by atoms with Gasteiger partial charge in [0, 0.05) is 69.8 Å². The van der Waals surface area contributed by atoms with Gasteiger partial charge >= 0.3 is 0 Å². The van der Waals surface area contributed by atoms with Gasteiger partial charge in [0.1, 0.15) is 11.6 Å². The van der Waals surface area contributed by atoms with E-state index in [0.717, 1.165) is 18.1 Å². The molecule has 3 aromatic rings. The SMILES string of the molecule is O=C(c1cccnc1)N1CCc2nnc(C3CCN(C(=O)c4cccnc4)C3)n2CC1. The van der Waals surface area contributed by atoms with Crippen molar-refractivity contribution in [2.24, 2.45) is 0 Å². The topological polar surface area (TPSA) is 97.1 Å². The van der Waals surface area contributed by atoms with Crippen molar-refractivity contribution in [2.75, 3.05) is 26.2 Å². The zero-order valence-electron chi connectivity index (χ0n) is 17.1. The second-order valence-corrected chi connectivity index (χ2v) is 7.89. The Morgan fingerprint density at radius 1 is 0.839 bits per heavy atom. The molecule has 2 aliphatic heterocycles. The molecule has 3 aromatic heterocycles. The number of nitrogens with zero attached hydrogens (tertiary/aromatic N) is 7. The number of hydrogen-bond acceptors (Lipinski definition) is 6. The molecule has 1 saturated heterocycles. The Bertz CT molecular complexity index is 1080. The number of carbonyl (C=O) groups is 2. The first-order chi connectivity index (χ1) is 15.2. The molecular formula is C22H23N7O2. The highest BCUT2D eigenvalue weighted by atomic mass is 16.2. The summed E-state index contributed by atoms with van der Waals surface area (Å²) < 4.78 is 2.14. The van der Waals surface area contributed by atoms with Crippen molar-refractivity contribution in [3.8, 4) is 0 Å². The first kappa shape index (κ1) is 19.3. The van der Waals surface area contributed by atoms with Gasteiger partial charge in [0.05, 0.1) is 11.1 Å². The number of amides is 2. The summed E-state index contributed by atoms with van der Waals surface area (Å²) in [6.07, 6.45) is 8.04. The maximum Gasteiger partial charge on any atom is 0.255 e. The van der Waals surface area contributed by atoms with E-state index in [4.69, 9.17) is 0 Å². The van der Waals surface area contributed by atoms with Crippen molar-refractivity contribution in [2.45, 2.75) is 25.3 Å². The summed E-state index contributed by atoms with van der Waals surface area (Å²) in [6, 6.07) is 7.13. The van der Waals surface area contributed by atoms with Gasteiger partial charge in [-0.25, -0.2) is 0 Å². The number of rotatable bonds is 3. The molecule has 31 heavy (non-hydrogen) atoms. The van der Waals surface area contributed by atoms with Crippen molar-refractivity contribution >= 4 is 11.8 Å². The van der Waals surface area contributed by atoms with Crippen LogP contribution in [0, 0.1) is 0 Å². The van der Waals surface area contributed by atoms with Gasteiger partial charge in [0.15, 0.2) is 0 Å². The van der Waals surface area contributed by atoms with Crippen LogP contribution in [-0.4, -0.2) is 72.5 Å². The van der Waals surface area contributed by atoms with Crippen molar-refractivity contribution in [3.05, 3.63) is 71.8 Å². The van der Waals surface area contributed by atoms with Gasteiger partial charge in [-0.05, 0) is 30.7 Å². The second kappa shape index (κ2) is 8.25. The first-order valence-electron chi connectivity index (χ1n) is 10.5. The van der Waals surface area contributed by atoms with E-state index in [-0.39, 0.29) is 17.7 Å². The second-order valence-electron chi connectivity index (χ2n) is 7.89. The highest BCUT2D eigenvalue weighted by molar-refractivity contribution is 5.94. The molecule has 2 amide bonds. The van der Waals surface area contributed by atoms with Gasteiger partial charge in [-0.15, -0.1) is 10.2 Å². The monoisotopic (exact) mass is 417 g/mol. The fourth-order valence-corrected chi connectivity index (χ4v) is 4.35. The van der Waals surface area contributed by atoms with Gasteiger partial charge in [-0.1, -0.05) is 0 Å². The number of hydrogen-bond donors (Lipinski definition) is 0. The fraction of sp³-hybridized carbons (Fsp3) is 0.364. The molecule has 0 bridgehead atoms. The maximum atomic E-state index is 12.8. The molecule has 9 heteroatoms. The average molecular weight is 417 g/mol. The van der Waals surface area contributed by atoms with Crippen LogP contribution in [0.1, 0.15) is 44.7 Å². The fourth-order valence-electron chi connectivity index (χ4n) is 4.35. The molecule has 1 unspecified atom stereocenters. The minimum atomic E-state index is -0.0116. The molecule has 9 nitrogen and oxygen atoms in total.